The third-order valence-electron chi connectivity index (χ3n) is 4.52. The van der Waals surface area contributed by atoms with Gasteiger partial charge in [-0.05, 0) is 36.4 Å². The molecular formula is C22H15ClFN5O3. The van der Waals surface area contributed by atoms with Crippen LogP contribution in [0.4, 0.5) is 10.2 Å². The maximum Gasteiger partial charge on any atom is 0.269 e. The summed E-state index contributed by atoms with van der Waals surface area (Å²) >= 11 is 6.21. The summed E-state index contributed by atoms with van der Waals surface area (Å²) < 4.78 is 15.4. The van der Waals surface area contributed by atoms with Gasteiger partial charge in [0, 0.05) is 23.9 Å². The van der Waals surface area contributed by atoms with Crippen molar-refractivity contribution in [2.24, 2.45) is 5.73 Å². The van der Waals surface area contributed by atoms with Crippen LogP contribution in [0.3, 0.4) is 0 Å². The van der Waals surface area contributed by atoms with Gasteiger partial charge < -0.3 is 16.2 Å². The fourth-order valence-electron chi connectivity index (χ4n) is 3.04. The molecule has 4 rings (SSSR count). The molecule has 0 saturated carbocycles. The van der Waals surface area contributed by atoms with Gasteiger partial charge in [-0.1, -0.05) is 23.7 Å². The second kappa shape index (κ2) is 8.48. The Bertz CT molecular complexity index is 1360. The fourth-order valence-corrected chi connectivity index (χ4v) is 3.24. The van der Waals surface area contributed by atoms with Crippen molar-refractivity contribution in [3.8, 4) is 22.7 Å². The number of nitrogens with two attached hydrogens (primary N) is 1. The van der Waals surface area contributed by atoms with Crippen molar-refractivity contribution >= 4 is 29.2 Å². The largest absolute Gasteiger partial charge is 0.508 e. The number of phenolic OH excluding ortho intramolecular Hbond substituents is 1. The molecule has 0 aliphatic heterocycles. The smallest absolute Gasteiger partial charge is 0.269 e. The number of hydrogen-bond acceptors (Lipinski definition) is 5. The molecule has 0 atom stereocenters. The first-order valence-corrected chi connectivity index (χ1v) is 9.62. The molecule has 2 aromatic carbocycles. The number of amides is 2. The van der Waals surface area contributed by atoms with Crippen molar-refractivity contribution in [2.45, 2.75) is 0 Å². The molecular weight excluding hydrogens is 437 g/mol. The Labute approximate surface area is 186 Å². The lowest BCUT2D eigenvalue weighted by atomic mass is 10.1. The van der Waals surface area contributed by atoms with Gasteiger partial charge in [-0.2, -0.15) is 5.10 Å². The number of carbonyl (C=O) groups is 2. The molecule has 0 aliphatic rings. The Balaban J connectivity index is 1.73. The van der Waals surface area contributed by atoms with E-state index in [2.05, 4.69) is 15.4 Å². The standard InChI is InChI=1S/C22H15ClFN5O3/c23-16-7-6-12(20-17(24)5-2-8-26-20)9-15(16)22(32)27-19-11-18(21(25)31)28-29(19)13-3-1-4-14(30)10-13/h1-11,30H,(H2,25,31)(H,27,32). The number of carbonyl (C=O) groups excluding carboxylic acids is 2. The van der Waals surface area contributed by atoms with E-state index in [-0.39, 0.29) is 33.5 Å². The SMILES string of the molecule is NC(=O)c1cc(NC(=O)c2cc(-c3ncccc3F)ccc2Cl)n(-c2cccc(O)c2)n1. The van der Waals surface area contributed by atoms with Crippen LogP contribution in [0.1, 0.15) is 20.8 Å². The van der Waals surface area contributed by atoms with Crippen LogP contribution in [0, 0.1) is 5.82 Å². The van der Waals surface area contributed by atoms with Gasteiger partial charge >= 0.3 is 0 Å². The van der Waals surface area contributed by atoms with Crippen LogP contribution in [0.15, 0.2) is 66.9 Å². The van der Waals surface area contributed by atoms with Crippen LogP contribution in [0.5, 0.6) is 5.75 Å². The zero-order valence-corrected chi connectivity index (χ0v) is 17.0. The molecule has 2 amide bonds. The summed E-state index contributed by atoms with van der Waals surface area (Å²) in [4.78, 5) is 28.7. The molecule has 10 heteroatoms. The number of nitrogens with one attached hydrogen (secondary N) is 1. The molecule has 0 unspecified atom stereocenters. The van der Waals surface area contributed by atoms with Gasteiger partial charge in [-0.25, -0.2) is 9.07 Å². The zero-order valence-electron chi connectivity index (χ0n) is 16.3. The monoisotopic (exact) mass is 451 g/mol. The van der Waals surface area contributed by atoms with E-state index in [1.807, 2.05) is 0 Å². The third kappa shape index (κ3) is 4.14. The zero-order chi connectivity index (χ0) is 22.8. The van der Waals surface area contributed by atoms with E-state index in [9.17, 15) is 19.1 Å². The van der Waals surface area contributed by atoms with Gasteiger partial charge in [0.1, 0.15) is 23.1 Å². The Hall–Kier alpha value is -4.24. The number of rotatable bonds is 5. The van der Waals surface area contributed by atoms with Gasteiger partial charge in [0.25, 0.3) is 11.8 Å². The lowest BCUT2D eigenvalue weighted by molar-refractivity contribution is 0.0992. The number of primary amides is 1. The van der Waals surface area contributed by atoms with E-state index < -0.39 is 17.6 Å². The van der Waals surface area contributed by atoms with Crippen molar-refractivity contribution < 1.29 is 19.1 Å². The molecule has 0 bridgehead atoms. The molecule has 4 aromatic rings. The van der Waals surface area contributed by atoms with Crippen molar-refractivity contribution in [1.82, 2.24) is 14.8 Å². The number of nitrogens with zero attached hydrogens (tertiary/aromatic N) is 3. The third-order valence-corrected chi connectivity index (χ3v) is 4.85. The summed E-state index contributed by atoms with van der Waals surface area (Å²) in [5.41, 5.74) is 6.09. The van der Waals surface area contributed by atoms with Crippen LogP contribution in [-0.2, 0) is 0 Å². The van der Waals surface area contributed by atoms with Gasteiger partial charge in [-0.3, -0.25) is 14.6 Å². The number of phenols is 1. The molecule has 32 heavy (non-hydrogen) atoms. The van der Waals surface area contributed by atoms with E-state index >= 15 is 0 Å². The van der Waals surface area contributed by atoms with E-state index in [4.69, 9.17) is 17.3 Å². The number of hydrogen-bond donors (Lipinski definition) is 3. The number of anilines is 1. The summed E-state index contributed by atoms with van der Waals surface area (Å²) in [7, 11) is 0. The van der Waals surface area contributed by atoms with Crippen LogP contribution in [0.2, 0.25) is 5.02 Å². The maximum atomic E-state index is 14.1. The topological polar surface area (TPSA) is 123 Å². The molecule has 160 valence electrons. The molecule has 0 fully saturated rings. The molecule has 2 aromatic heterocycles. The second-order valence-electron chi connectivity index (χ2n) is 6.69. The van der Waals surface area contributed by atoms with E-state index in [0.29, 0.717) is 11.3 Å². The van der Waals surface area contributed by atoms with Crippen molar-refractivity contribution in [2.75, 3.05) is 5.32 Å². The lowest BCUT2D eigenvalue weighted by Gasteiger charge is -2.11. The van der Waals surface area contributed by atoms with Crippen LogP contribution in [0.25, 0.3) is 16.9 Å². The summed E-state index contributed by atoms with van der Waals surface area (Å²) in [5.74, 6) is -1.91. The molecule has 2 heterocycles. The predicted octanol–water partition coefficient (Wildman–Crippen LogP) is 3.78. The Morgan fingerprint density at radius 2 is 1.91 bits per heavy atom. The summed E-state index contributed by atoms with van der Waals surface area (Å²) in [6.07, 6.45) is 1.44. The Morgan fingerprint density at radius 3 is 2.62 bits per heavy atom. The van der Waals surface area contributed by atoms with Crippen LogP contribution < -0.4 is 11.1 Å². The highest BCUT2D eigenvalue weighted by molar-refractivity contribution is 6.34. The van der Waals surface area contributed by atoms with Crippen molar-refractivity contribution in [1.29, 1.82) is 0 Å². The minimum atomic E-state index is -0.801. The summed E-state index contributed by atoms with van der Waals surface area (Å²) in [6, 6.07) is 14.5. The maximum absolute atomic E-state index is 14.1. The highest BCUT2D eigenvalue weighted by Gasteiger charge is 2.19. The minimum absolute atomic E-state index is 0.0379. The van der Waals surface area contributed by atoms with E-state index in [1.54, 1.807) is 18.2 Å². The minimum Gasteiger partial charge on any atom is -0.508 e. The van der Waals surface area contributed by atoms with Crippen molar-refractivity contribution in [3.05, 3.63) is 89.0 Å². The molecule has 8 nitrogen and oxygen atoms in total. The number of benzene rings is 2. The molecule has 0 radical (unpaired) electrons. The van der Waals surface area contributed by atoms with Gasteiger partial charge in [0.05, 0.1) is 16.3 Å². The van der Waals surface area contributed by atoms with E-state index in [1.165, 1.54) is 53.3 Å². The Kier molecular flexibility index (Phi) is 5.57. The molecule has 0 aliphatic carbocycles. The first kappa shape index (κ1) is 21.0. The normalized spacial score (nSPS) is 10.7. The second-order valence-corrected chi connectivity index (χ2v) is 7.10. The molecule has 4 N–H and O–H groups in total. The first-order chi connectivity index (χ1) is 15.3. The van der Waals surface area contributed by atoms with E-state index in [0.717, 1.165) is 0 Å². The predicted molar refractivity (Wildman–Crippen MR) is 116 cm³/mol. The molecule has 0 saturated heterocycles. The Morgan fingerprint density at radius 1 is 1.09 bits per heavy atom. The van der Waals surface area contributed by atoms with Gasteiger partial charge in [0.15, 0.2) is 5.69 Å². The first-order valence-electron chi connectivity index (χ1n) is 9.24. The molecule has 0 spiro atoms. The highest BCUT2D eigenvalue weighted by Crippen LogP contribution is 2.27. The van der Waals surface area contributed by atoms with Crippen LogP contribution in [-0.4, -0.2) is 31.7 Å². The number of aromatic hydroxyl groups is 1. The number of pyridine rings is 1. The van der Waals surface area contributed by atoms with Crippen molar-refractivity contribution in [3.63, 3.8) is 0 Å². The number of aromatic nitrogens is 3. The average molecular weight is 452 g/mol. The van der Waals surface area contributed by atoms with Gasteiger partial charge in [0.2, 0.25) is 0 Å². The fraction of sp³-hybridized carbons (Fsp3) is 0. The number of halogens is 2. The quantitative estimate of drug-likeness (QED) is 0.426. The summed E-state index contributed by atoms with van der Waals surface area (Å²) in [6.45, 7) is 0. The summed E-state index contributed by atoms with van der Waals surface area (Å²) in [5, 5.41) is 16.6. The highest BCUT2D eigenvalue weighted by atomic mass is 35.5. The van der Waals surface area contributed by atoms with Crippen LogP contribution >= 0.6 is 11.6 Å². The average Bonchev–Trinajstić information content (AvgIpc) is 3.19. The lowest BCUT2D eigenvalue weighted by Crippen LogP contribution is -2.16. The van der Waals surface area contributed by atoms with Gasteiger partial charge in [-0.15, -0.1) is 0 Å².